The van der Waals surface area contributed by atoms with Crippen LogP contribution >= 0.6 is 11.8 Å². The summed E-state index contributed by atoms with van der Waals surface area (Å²) in [5.41, 5.74) is -0.319. The normalized spacial score (nSPS) is 11.6. The van der Waals surface area contributed by atoms with E-state index in [9.17, 15) is 18.0 Å². The van der Waals surface area contributed by atoms with Crippen LogP contribution in [0.25, 0.3) is 10.9 Å². The number of pyridine rings is 1. The maximum atomic E-state index is 13.0. The van der Waals surface area contributed by atoms with Crippen molar-refractivity contribution in [1.82, 2.24) is 4.98 Å². The Morgan fingerprint density at radius 3 is 2.32 bits per heavy atom. The van der Waals surface area contributed by atoms with Crippen molar-refractivity contribution >= 4 is 38.3 Å². The van der Waals surface area contributed by atoms with Gasteiger partial charge in [0.2, 0.25) is 9.84 Å². The molecule has 0 bridgehead atoms. The number of para-hydroxylation sites is 1. The molecule has 0 saturated heterocycles. The lowest BCUT2D eigenvalue weighted by molar-refractivity contribution is 0.101. The summed E-state index contributed by atoms with van der Waals surface area (Å²) in [5, 5.41) is 0.536. The van der Waals surface area contributed by atoms with Gasteiger partial charge in [-0.25, -0.2) is 8.42 Å². The van der Waals surface area contributed by atoms with E-state index in [0.717, 1.165) is 0 Å². The number of hydrogen-bond acceptors (Lipinski definition) is 5. The highest BCUT2D eigenvalue weighted by atomic mass is 32.2. The summed E-state index contributed by atoms with van der Waals surface area (Å²) in [5.74, 6) is -0.358. The second kappa shape index (κ2) is 6.50. The van der Waals surface area contributed by atoms with Gasteiger partial charge in [0.25, 0.3) is 5.56 Å². The first kappa shape index (κ1) is 17.4. The molecule has 1 aromatic heterocycles. The number of aromatic nitrogens is 1. The van der Waals surface area contributed by atoms with Gasteiger partial charge in [0.1, 0.15) is 0 Å². The van der Waals surface area contributed by atoms with Crippen LogP contribution in [-0.2, 0) is 9.84 Å². The van der Waals surface area contributed by atoms with E-state index in [1.54, 1.807) is 36.6 Å². The number of carbonyl (C=O) groups is 1. The Morgan fingerprint density at radius 2 is 1.72 bits per heavy atom. The standard InChI is InChI=1S/C18H15NO4S2/c1-11(20)15-17(24-2)13-9-6-10-14(16(13)19-18(15)21)25(22,23)12-7-4-3-5-8-12/h3-10H,1-2H3,(H,19,21). The van der Waals surface area contributed by atoms with E-state index in [-0.39, 0.29) is 26.7 Å². The van der Waals surface area contributed by atoms with Crippen molar-refractivity contribution in [2.24, 2.45) is 0 Å². The molecule has 25 heavy (non-hydrogen) atoms. The predicted octanol–water partition coefficient (Wildman–Crippen LogP) is 3.29. The number of fused-ring (bicyclic) bond motifs is 1. The number of H-pyrrole nitrogens is 1. The monoisotopic (exact) mass is 373 g/mol. The molecule has 0 aliphatic rings. The van der Waals surface area contributed by atoms with Gasteiger partial charge in [-0.15, -0.1) is 11.8 Å². The number of rotatable bonds is 4. The lowest BCUT2D eigenvalue weighted by Gasteiger charge is -2.12. The molecule has 0 aliphatic carbocycles. The fraction of sp³-hybridized carbons (Fsp3) is 0.111. The summed E-state index contributed by atoms with van der Waals surface area (Å²) < 4.78 is 26.0. The Labute approximate surface area is 149 Å². The zero-order chi connectivity index (χ0) is 18.2. The fourth-order valence-electron chi connectivity index (χ4n) is 2.75. The fourth-order valence-corrected chi connectivity index (χ4v) is 5.03. The molecule has 5 nitrogen and oxygen atoms in total. The van der Waals surface area contributed by atoms with Gasteiger partial charge in [0, 0.05) is 10.3 Å². The van der Waals surface area contributed by atoms with E-state index in [0.29, 0.717) is 10.3 Å². The summed E-state index contributed by atoms with van der Waals surface area (Å²) in [6.07, 6.45) is 1.75. The van der Waals surface area contributed by atoms with Crippen molar-refractivity contribution in [3.63, 3.8) is 0 Å². The van der Waals surface area contributed by atoms with Gasteiger partial charge in [0.05, 0.1) is 20.9 Å². The molecule has 0 atom stereocenters. The van der Waals surface area contributed by atoms with E-state index in [2.05, 4.69) is 4.98 Å². The highest BCUT2D eigenvalue weighted by Gasteiger charge is 2.24. The smallest absolute Gasteiger partial charge is 0.260 e. The molecule has 2 aromatic carbocycles. The predicted molar refractivity (Wildman–Crippen MR) is 98.2 cm³/mol. The van der Waals surface area contributed by atoms with E-state index in [1.165, 1.54) is 36.9 Å². The number of Topliss-reactive ketones (excluding diaryl/α,β-unsaturated/α-hetero) is 1. The van der Waals surface area contributed by atoms with Gasteiger partial charge in [-0.1, -0.05) is 30.3 Å². The number of thioether (sulfide) groups is 1. The van der Waals surface area contributed by atoms with Crippen LogP contribution in [0.2, 0.25) is 0 Å². The average Bonchev–Trinajstić information content (AvgIpc) is 2.60. The minimum Gasteiger partial charge on any atom is -0.320 e. The van der Waals surface area contributed by atoms with Gasteiger partial charge in [-0.2, -0.15) is 0 Å². The third-order valence-electron chi connectivity index (χ3n) is 3.86. The summed E-state index contributed by atoms with van der Waals surface area (Å²) in [6, 6.07) is 12.8. The molecule has 3 rings (SSSR count). The van der Waals surface area contributed by atoms with Gasteiger partial charge in [-0.05, 0) is 31.4 Å². The summed E-state index contributed by atoms with van der Waals surface area (Å²) in [7, 11) is -3.80. The minimum atomic E-state index is -3.80. The maximum Gasteiger partial charge on any atom is 0.260 e. The topological polar surface area (TPSA) is 84.1 Å². The van der Waals surface area contributed by atoms with Crippen molar-refractivity contribution < 1.29 is 13.2 Å². The van der Waals surface area contributed by atoms with Crippen molar-refractivity contribution in [2.45, 2.75) is 21.6 Å². The molecule has 1 N–H and O–H groups in total. The van der Waals surface area contributed by atoms with Crippen LogP contribution in [0.3, 0.4) is 0 Å². The highest BCUT2D eigenvalue weighted by molar-refractivity contribution is 7.99. The summed E-state index contributed by atoms with van der Waals surface area (Å²) in [6.45, 7) is 1.32. The van der Waals surface area contributed by atoms with Gasteiger partial charge >= 0.3 is 0 Å². The molecule has 1 heterocycles. The highest BCUT2D eigenvalue weighted by Crippen LogP contribution is 2.32. The molecule has 0 aliphatic heterocycles. The lowest BCUT2D eigenvalue weighted by Crippen LogP contribution is -2.19. The van der Waals surface area contributed by atoms with Gasteiger partial charge in [-0.3, -0.25) is 9.59 Å². The number of carbonyl (C=O) groups excluding carboxylic acids is 1. The Morgan fingerprint density at radius 1 is 1.04 bits per heavy atom. The molecule has 3 aromatic rings. The van der Waals surface area contributed by atoms with E-state index in [4.69, 9.17) is 0 Å². The summed E-state index contributed by atoms with van der Waals surface area (Å²) in [4.78, 5) is 27.5. The van der Waals surface area contributed by atoms with Crippen molar-refractivity contribution in [3.05, 3.63) is 64.4 Å². The molecule has 0 fully saturated rings. The van der Waals surface area contributed by atoms with Crippen molar-refractivity contribution in [3.8, 4) is 0 Å². The third kappa shape index (κ3) is 2.89. The van der Waals surface area contributed by atoms with E-state index >= 15 is 0 Å². The number of aromatic amines is 1. The van der Waals surface area contributed by atoms with Crippen molar-refractivity contribution in [2.75, 3.05) is 6.26 Å². The molecule has 7 heteroatoms. The Kier molecular flexibility index (Phi) is 4.53. The lowest BCUT2D eigenvalue weighted by atomic mass is 10.1. The largest absolute Gasteiger partial charge is 0.320 e. The van der Waals surface area contributed by atoms with Crippen LogP contribution in [0, 0.1) is 0 Å². The zero-order valence-electron chi connectivity index (χ0n) is 13.6. The summed E-state index contributed by atoms with van der Waals surface area (Å²) >= 11 is 1.25. The second-order valence-electron chi connectivity index (χ2n) is 5.41. The number of benzene rings is 2. The zero-order valence-corrected chi connectivity index (χ0v) is 15.2. The molecule has 0 saturated carbocycles. The van der Waals surface area contributed by atoms with Crippen LogP contribution in [-0.4, -0.2) is 25.4 Å². The third-order valence-corrected chi connectivity index (χ3v) is 6.51. The molecular weight excluding hydrogens is 358 g/mol. The Bertz CT molecular complexity index is 1130. The number of nitrogens with one attached hydrogen (secondary N) is 1. The number of sulfone groups is 1. The van der Waals surface area contributed by atoms with Gasteiger partial charge < -0.3 is 4.98 Å². The van der Waals surface area contributed by atoms with Crippen LogP contribution in [0.15, 0.2) is 68.0 Å². The molecule has 0 radical (unpaired) electrons. The molecule has 0 spiro atoms. The quantitative estimate of drug-likeness (QED) is 0.560. The molecule has 0 unspecified atom stereocenters. The SMILES string of the molecule is CSc1c(C(C)=O)c(=O)[nH]c2c(S(=O)(=O)c3ccccc3)cccc12. The van der Waals surface area contributed by atoms with Crippen LogP contribution in [0.5, 0.6) is 0 Å². The minimum absolute atomic E-state index is 0.0127. The molecular formula is C18H15NO4S2. The van der Waals surface area contributed by atoms with Gasteiger partial charge in [0.15, 0.2) is 5.78 Å². The molecule has 128 valence electrons. The van der Waals surface area contributed by atoms with Crippen LogP contribution in [0.4, 0.5) is 0 Å². The average molecular weight is 373 g/mol. The van der Waals surface area contributed by atoms with Crippen LogP contribution in [0.1, 0.15) is 17.3 Å². The Balaban J connectivity index is 2.42. The van der Waals surface area contributed by atoms with Crippen LogP contribution < -0.4 is 5.56 Å². The Hall–Kier alpha value is -2.38. The molecule has 0 amide bonds. The second-order valence-corrected chi connectivity index (χ2v) is 8.15. The first-order valence-electron chi connectivity index (χ1n) is 7.42. The van der Waals surface area contributed by atoms with E-state index < -0.39 is 15.4 Å². The first-order chi connectivity index (χ1) is 11.9. The number of ketones is 1. The maximum absolute atomic E-state index is 13.0. The van der Waals surface area contributed by atoms with E-state index in [1.807, 2.05) is 0 Å². The first-order valence-corrected chi connectivity index (χ1v) is 10.1. The van der Waals surface area contributed by atoms with Crippen molar-refractivity contribution in [1.29, 1.82) is 0 Å². The number of hydrogen-bond donors (Lipinski definition) is 1.